The average Bonchev–Trinajstić information content (AvgIpc) is 2.70. The number of nitrogens with zero attached hydrogens (tertiary/aromatic N) is 1. The highest BCUT2D eigenvalue weighted by Gasteiger charge is 2.31. The van der Waals surface area contributed by atoms with Gasteiger partial charge in [-0.3, -0.25) is 14.5 Å². The standard InChI is InChI=1S/C23H29N3O3/c1-17(2)15-25-22(27)14-21-23(28)24-11-12-26(21)16-18-7-6-10-20(13-18)29-19-8-4-3-5-9-19/h3-10,13,17,21H,11-12,14-16H2,1-2H3,(H,24,28)(H,25,27)/t21-/m0/s1. The lowest BCUT2D eigenvalue weighted by atomic mass is 10.1. The van der Waals surface area contributed by atoms with Gasteiger partial charge in [0.25, 0.3) is 0 Å². The Labute approximate surface area is 172 Å². The second-order valence-corrected chi connectivity index (χ2v) is 7.74. The minimum absolute atomic E-state index is 0.0902. The third-order valence-corrected chi connectivity index (χ3v) is 4.79. The molecule has 1 heterocycles. The number of hydrogen-bond acceptors (Lipinski definition) is 4. The molecule has 1 aliphatic heterocycles. The highest BCUT2D eigenvalue weighted by Crippen LogP contribution is 2.23. The second kappa shape index (κ2) is 10.1. The minimum Gasteiger partial charge on any atom is -0.457 e. The number of amides is 2. The molecule has 6 nitrogen and oxygen atoms in total. The summed E-state index contributed by atoms with van der Waals surface area (Å²) in [6, 6.07) is 17.0. The fourth-order valence-corrected chi connectivity index (χ4v) is 3.31. The van der Waals surface area contributed by atoms with Gasteiger partial charge in [0, 0.05) is 26.2 Å². The fourth-order valence-electron chi connectivity index (χ4n) is 3.31. The van der Waals surface area contributed by atoms with Crippen LogP contribution in [0.25, 0.3) is 0 Å². The molecule has 1 atom stereocenters. The van der Waals surface area contributed by atoms with E-state index in [1.54, 1.807) is 0 Å². The molecule has 0 radical (unpaired) electrons. The summed E-state index contributed by atoms with van der Waals surface area (Å²) in [7, 11) is 0. The summed E-state index contributed by atoms with van der Waals surface area (Å²) in [5.74, 6) is 1.73. The monoisotopic (exact) mass is 395 g/mol. The predicted molar refractivity (Wildman–Crippen MR) is 113 cm³/mol. The summed E-state index contributed by atoms with van der Waals surface area (Å²) in [5, 5.41) is 5.78. The zero-order valence-corrected chi connectivity index (χ0v) is 17.1. The van der Waals surface area contributed by atoms with Crippen molar-refractivity contribution in [2.24, 2.45) is 5.92 Å². The Hall–Kier alpha value is -2.86. The number of benzene rings is 2. The number of carbonyl (C=O) groups excluding carboxylic acids is 2. The first-order valence-corrected chi connectivity index (χ1v) is 10.1. The highest BCUT2D eigenvalue weighted by molar-refractivity contribution is 5.88. The van der Waals surface area contributed by atoms with Crippen molar-refractivity contribution in [1.29, 1.82) is 0 Å². The lowest BCUT2D eigenvalue weighted by Gasteiger charge is -2.34. The summed E-state index contributed by atoms with van der Waals surface area (Å²) in [6.45, 7) is 6.59. The van der Waals surface area contributed by atoms with Crippen LogP contribution in [0.2, 0.25) is 0 Å². The smallest absolute Gasteiger partial charge is 0.237 e. The molecule has 154 valence electrons. The molecular weight excluding hydrogens is 366 g/mol. The van der Waals surface area contributed by atoms with Gasteiger partial charge >= 0.3 is 0 Å². The first kappa shape index (κ1) is 20.9. The molecule has 0 aliphatic carbocycles. The number of hydrogen-bond donors (Lipinski definition) is 2. The molecule has 0 aromatic heterocycles. The van der Waals surface area contributed by atoms with Crippen LogP contribution < -0.4 is 15.4 Å². The van der Waals surface area contributed by atoms with Gasteiger partial charge in [0.05, 0.1) is 12.5 Å². The van der Waals surface area contributed by atoms with Crippen LogP contribution in [0.5, 0.6) is 11.5 Å². The Morgan fingerprint density at radius 2 is 1.93 bits per heavy atom. The largest absolute Gasteiger partial charge is 0.457 e. The highest BCUT2D eigenvalue weighted by atomic mass is 16.5. The van der Waals surface area contributed by atoms with E-state index >= 15 is 0 Å². The normalized spacial score (nSPS) is 17.1. The van der Waals surface area contributed by atoms with E-state index in [-0.39, 0.29) is 18.2 Å². The van der Waals surface area contributed by atoms with Crippen LogP contribution in [-0.4, -0.2) is 42.4 Å². The molecule has 1 saturated heterocycles. The third kappa shape index (κ3) is 6.32. The number of para-hydroxylation sites is 1. The molecule has 29 heavy (non-hydrogen) atoms. The molecule has 6 heteroatoms. The topological polar surface area (TPSA) is 70.7 Å². The van der Waals surface area contributed by atoms with Crippen LogP contribution in [0.3, 0.4) is 0 Å². The Bertz CT molecular complexity index is 823. The van der Waals surface area contributed by atoms with Crippen LogP contribution in [0.4, 0.5) is 0 Å². The van der Waals surface area contributed by atoms with E-state index in [0.717, 1.165) is 17.1 Å². The summed E-state index contributed by atoms with van der Waals surface area (Å²) >= 11 is 0. The van der Waals surface area contributed by atoms with Crippen molar-refractivity contribution in [3.05, 3.63) is 60.2 Å². The van der Waals surface area contributed by atoms with Crippen LogP contribution in [-0.2, 0) is 16.1 Å². The van der Waals surface area contributed by atoms with Crippen molar-refractivity contribution in [3.63, 3.8) is 0 Å². The third-order valence-electron chi connectivity index (χ3n) is 4.79. The fraction of sp³-hybridized carbons (Fsp3) is 0.391. The van der Waals surface area contributed by atoms with Crippen LogP contribution in [0.1, 0.15) is 25.8 Å². The molecule has 2 amide bonds. The van der Waals surface area contributed by atoms with E-state index in [0.29, 0.717) is 32.1 Å². The molecule has 1 aliphatic rings. The summed E-state index contributed by atoms with van der Waals surface area (Å²) in [5.41, 5.74) is 1.04. The molecule has 2 N–H and O–H groups in total. The molecule has 0 unspecified atom stereocenters. The Balaban J connectivity index is 1.65. The maximum absolute atomic E-state index is 12.4. The Kier molecular flexibility index (Phi) is 7.25. The van der Waals surface area contributed by atoms with Crippen molar-refractivity contribution in [2.75, 3.05) is 19.6 Å². The van der Waals surface area contributed by atoms with Gasteiger partial charge in [-0.2, -0.15) is 0 Å². The SMILES string of the molecule is CC(C)CNC(=O)C[C@H]1C(=O)NCCN1Cc1cccc(Oc2ccccc2)c1. The summed E-state index contributed by atoms with van der Waals surface area (Å²) < 4.78 is 5.91. The molecule has 0 spiro atoms. The van der Waals surface area contributed by atoms with Crippen LogP contribution >= 0.6 is 0 Å². The predicted octanol–water partition coefficient (Wildman–Crippen LogP) is 2.94. The maximum atomic E-state index is 12.4. The van der Waals surface area contributed by atoms with E-state index in [1.807, 2.05) is 68.4 Å². The van der Waals surface area contributed by atoms with E-state index in [9.17, 15) is 9.59 Å². The number of ether oxygens (including phenoxy) is 1. The Morgan fingerprint density at radius 3 is 2.69 bits per heavy atom. The van der Waals surface area contributed by atoms with Gasteiger partial charge < -0.3 is 15.4 Å². The van der Waals surface area contributed by atoms with Crippen LogP contribution in [0.15, 0.2) is 54.6 Å². The molecule has 0 saturated carbocycles. The van der Waals surface area contributed by atoms with Crippen molar-refractivity contribution in [2.45, 2.75) is 32.9 Å². The van der Waals surface area contributed by atoms with Gasteiger partial charge in [-0.05, 0) is 35.7 Å². The molecule has 0 bridgehead atoms. The molecule has 1 fully saturated rings. The number of carbonyl (C=O) groups is 2. The van der Waals surface area contributed by atoms with Crippen molar-refractivity contribution in [3.8, 4) is 11.5 Å². The summed E-state index contributed by atoms with van der Waals surface area (Å²) in [6.07, 6.45) is 0.165. The van der Waals surface area contributed by atoms with Gasteiger partial charge in [-0.15, -0.1) is 0 Å². The minimum atomic E-state index is -0.463. The molecular formula is C23H29N3O3. The van der Waals surface area contributed by atoms with Crippen molar-refractivity contribution < 1.29 is 14.3 Å². The van der Waals surface area contributed by atoms with Gasteiger partial charge in [-0.25, -0.2) is 0 Å². The molecule has 2 aromatic carbocycles. The zero-order chi connectivity index (χ0) is 20.6. The van der Waals surface area contributed by atoms with E-state index < -0.39 is 6.04 Å². The first-order chi connectivity index (χ1) is 14.0. The van der Waals surface area contributed by atoms with Gasteiger partial charge in [0.1, 0.15) is 11.5 Å². The van der Waals surface area contributed by atoms with Crippen molar-refractivity contribution >= 4 is 11.8 Å². The number of nitrogens with one attached hydrogen (secondary N) is 2. The van der Waals surface area contributed by atoms with Crippen molar-refractivity contribution in [1.82, 2.24) is 15.5 Å². The molecule has 2 aromatic rings. The quantitative estimate of drug-likeness (QED) is 0.721. The second-order valence-electron chi connectivity index (χ2n) is 7.74. The van der Waals surface area contributed by atoms with Gasteiger partial charge in [0.2, 0.25) is 11.8 Å². The Morgan fingerprint density at radius 1 is 1.17 bits per heavy atom. The van der Waals surface area contributed by atoms with E-state index in [2.05, 4.69) is 15.5 Å². The van der Waals surface area contributed by atoms with E-state index in [4.69, 9.17) is 4.74 Å². The lowest BCUT2D eigenvalue weighted by molar-refractivity contribution is -0.134. The average molecular weight is 396 g/mol. The van der Waals surface area contributed by atoms with E-state index in [1.165, 1.54) is 0 Å². The maximum Gasteiger partial charge on any atom is 0.237 e. The molecule has 3 rings (SSSR count). The first-order valence-electron chi connectivity index (χ1n) is 10.1. The van der Waals surface area contributed by atoms with Gasteiger partial charge in [-0.1, -0.05) is 44.2 Å². The van der Waals surface area contributed by atoms with Gasteiger partial charge in [0.15, 0.2) is 0 Å². The lowest BCUT2D eigenvalue weighted by Crippen LogP contribution is -2.56. The number of rotatable bonds is 8. The number of piperazine rings is 1. The zero-order valence-electron chi connectivity index (χ0n) is 17.1. The summed E-state index contributed by atoms with van der Waals surface area (Å²) in [4.78, 5) is 26.8. The van der Waals surface area contributed by atoms with Crippen LogP contribution in [0, 0.1) is 5.92 Å².